The molecule has 3 rings (SSSR count). The van der Waals surface area contributed by atoms with Crippen molar-refractivity contribution >= 4 is 12.0 Å². The number of hydrogen-bond acceptors (Lipinski definition) is 3. The maximum Gasteiger partial charge on any atom is 0.410 e. The number of fused-ring (bicyclic) bond motifs is 1. The van der Waals surface area contributed by atoms with Crippen molar-refractivity contribution in [3.8, 4) is 0 Å². The van der Waals surface area contributed by atoms with Crippen molar-refractivity contribution in [3.05, 3.63) is 35.9 Å². The van der Waals surface area contributed by atoms with E-state index in [9.17, 15) is 14.0 Å². The third kappa shape index (κ3) is 2.03. The minimum Gasteiger partial charge on any atom is -0.445 e. The Balaban J connectivity index is 1.60. The third-order valence-corrected chi connectivity index (χ3v) is 3.45. The molecule has 1 aromatic rings. The normalized spacial score (nSPS) is 28.4. The van der Waals surface area contributed by atoms with Crippen molar-refractivity contribution in [1.82, 2.24) is 10.2 Å². The average Bonchev–Trinajstić information content (AvgIpc) is 2.68. The summed E-state index contributed by atoms with van der Waals surface area (Å²) in [5.41, 5.74) is 0.849. The zero-order valence-corrected chi connectivity index (χ0v) is 10.1. The van der Waals surface area contributed by atoms with Crippen LogP contribution in [0.4, 0.5) is 9.18 Å². The number of hydrogen-bond donors (Lipinski definition) is 1. The first kappa shape index (κ1) is 12.0. The van der Waals surface area contributed by atoms with Crippen LogP contribution >= 0.6 is 0 Å². The number of likely N-dealkylation sites (tertiary alicyclic amines) is 1. The summed E-state index contributed by atoms with van der Waals surface area (Å²) in [6.07, 6.45) is -1.86. The van der Waals surface area contributed by atoms with Gasteiger partial charge in [0.1, 0.15) is 18.8 Å². The van der Waals surface area contributed by atoms with Crippen LogP contribution in [0.3, 0.4) is 0 Å². The Kier molecular flexibility index (Phi) is 2.85. The van der Waals surface area contributed by atoms with E-state index in [-0.39, 0.29) is 19.1 Å². The quantitative estimate of drug-likeness (QED) is 0.805. The summed E-state index contributed by atoms with van der Waals surface area (Å²) in [6, 6.07) is 7.92. The van der Waals surface area contributed by atoms with Gasteiger partial charge in [0.25, 0.3) is 0 Å². The molecule has 19 heavy (non-hydrogen) atoms. The predicted octanol–water partition coefficient (Wildman–Crippen LogP) is 0.844. The first-order valence-corrected chi connectivity index (χ1v) is 6.08. The fourth-order valence-electron chi connectivity index (χ4n) is 2.42. The van der Waals surface area contributed by atoms with Gasteiger partial charge in [-0.25, -0.2) is 9.18 Å². The molecule has 5 nitrogen and oxygen atoms in total. The molecule has 2 aliphatic heterocycles. The molecule has 0 aromatic heterocycles. The Morgan fingerprint density at radius 3 is 2.84 bits per heavy atom. The molecule has 0 saturated carbocycles. The highest BCUT2D eigenvalue weighted by Gasteiger charge is 2.56. The molecule has 2 saturated heterocycles. The van der Waals surface area contributed by atoms with Crippen LogP contribution < -0.4 is 5.32 Å². The van der Waals surface area contributed by atoms with Crippen LogP contribution in [-0.4, -0.2) is 41.7 Å². The summed E-state index contributed by atoms with van der Waals surface area (Å²) in [5.74, 6) is -0.318. The van der Waals surface area contributed by atoms with E-state index in [0.717, 1.165) is 10.5 Å². The molecule has 0 radical (unpaired) electrons. The molecule has 6 heteroatoms. The van der Waals surface area contributed by atoms with Crippen molar-refractivity contribution < 1.29 is 18.7 Å². The summed E-state index contributed by atoms with van der Waals surface area (Å²) in [6.45, 7) is 0.0217. The van der Waals surface area contributed by atoms with Crippen molar-refractivity contribution in [1.29, 1.82) is 0 Å². The highest BCUT2D eigenvalue weighted by molar-refractivity contribution is 5.93. The molecular formula is C13H13FN2O3. The Morgan fingerprint density at radius 2 is 2.16 bits per heavy atom. The fraction of sp³-hybridized carbons (Fsp3) is 0.385. The Hall–Kier alpha value is -2.11. The first-order valence-electron chi connectivity index (χ1n) is 6.08. The van der Waals surface area contributed by atoms with Gasteiger partial charge in [-0.2, -0.15) is 0 Å². The first-order chi connectivity index (χ1) is 9.16. The average molecular weight is 264 g/mol. The van der Waals surface area contributed by atoms with E-state index in [2.05, 4.69) is 5.32 Å². The second kappa shape index (κ2) is 4.53. The Labute approximate surface area is 109 Å². The fourth-order valence-corrected chi connectivity index (χ4v) is 2.42. The molecule has 0 unspecified atom stereocenters. The van der Waals surface area contributed by atoms with Gasteiger partial charge in [0, 0.05) is 0 Å². The van der Waals surface area contributed by atoms with Crippen molar-refractivity contribution in [3.63, 3.8) is 0 Å². The van der Waals surface area contributed by atoms with Crippen LogP contribution in [0.15, 0.2) is 30.3 Å². The van der Waals surface area contributed by atoms with Gasteiger partial charge >= 0.3 is 6.09 Å². The van der Waals surface area contributed by atoms with Gasteiger partial charge in [-0.15, -0.1) is 0 Å². The van der Waals surface area contributed by atoms with Crippen LogP contribution in [0.5, 0.6) is 0 Å². The molecule has 0 aliphatic carbocycles. The van der Waals surface area contributed by atoms with Gasteiger partial charge in [-0.1, -0.05) is 30.3 Å². The standard InChI is InChI=1S/C13H13FN2O3/c14-9-6-16(11-10(9)15-12(11)17)13(18)19-7-8-4-2-1-3-5-8/h1-5,9-11H,6-7H2,(H,15,17)/t9-,10+,11-/m0/s1. The highest BCUT2D eigenvalue weighted by atomic mass is 19.1. The lowest BCUT2D eigenvalue weighted by Crippen LogP contribution is -2.66. The zero-order chi connectivity index (χ0) is 13.4. The summed E-state index contributed by atoms with van der Waals surface area (Å²) in [4.78, 5) is 24.3. The largest absolute Gasteiger partial charge is 0.445 e. The molecule has 0 spiro atoms. The van der Waals surface area contributed by atoms with Crippen LogP contribution in [0.2, 0.25) is 0 Å². The van der Waals surface area contributed by atoms with Crippen LogP contribution in [0.1, 0.15) is 5.56 Å². The van der Waals surface area contributed by atoms with Gasteiger partial charge in [0.05, 0.1) is 12.6 Å². The number of halogens is 1. The lowest BCUT2D eigenvalue weighted by molar-refractivity contribution is -0.134. The molecule has 3 atom stereocenters. The number of rotatable bonds is 2. The Morgan fingerprint density at radius 1 is 1.42 bits per heavy atom. The lowest BCUT2D eigenvalue weighted by Gasteiger charge is -2.34. The maximum absolute atomic E-state index is 13.5. The van der Waals surface area contributed by atoms with E-state index < -0.39 is 24.3 Å². The van der Waals surface area contributed by atoms with E-state index in [0.29, 0.717) is 0 Å². The van der Waals surface area contributed by atoms with Crippen LogP contribution in [-0.2, 0) is 16.1 Å². The van der Waals surface area contributed by atoms with Gasteiger partial charge in [0.15, 0.2) is 0 Å². The number of β-lactam (4-membered cyclic amide) rings is 1. The molecule has 1 N–H and O–H groups in total. The Bertz CT molecular complexity index is 508. The number of carbonyl (C=O) groups is 2. The van der Waals surface area contributed by atoms with Crippen molar-refractivity contribution in [2.75, 3.05) is 6.54 Å². The molecule has 2 fully saturated rings. The number of amides is 2. The minimum atomic E-state index is -1.22. The number of carbonyl (C=O) groups excluding carboxylic acids is 2. The topological polar surface area (TPSA) is 58.6 Å². The molecule has 2 heterocycles. The zero-order valence-electron chi connectivity index (χ0n) is 10.1. The third-order valence-electron chi connectivity index (χ3n) is 3.45. The minimum absolute atomic E-state index is 0.0955. The number of nitrogens with one attached hydrogen (secondary N) is 1. The van der Waals surface area contributed by atoms with E-state index in [1.807, 2.05) is 30.3 Å². The van der Waals surface area contributed by atoms with E-state index in [1.165, 1.54) is 0 Å². The van der Waals surface area contributed by atoms with Gasteiger partial charge in [-0.05, 0) is 5.56 Å². The maximum atomic E-state index is 13.5. The van der Waals surface area contributed by atoms with Crippen molar-refractivity contribution in [2.45, 2.75) is 24.9 Å². The smallest absolute Gasteiger partial charge is 0.410 e. The number of ether oxygens (including phenoxy) is 1. The van der Waals surface area contributed by atoms with E-state index in [4.69, 9.17) is 4.74 Å². The van der Waals surface area contributed by atoms with E-state index in [1.54, 1.807) is 0 Å². The molecular weight excluding hydrogens is 251 g/mol. The number of benzene rings is 1. The summed E-state index contributed by atoms with van der Waals surface area (Å²) in [5, 5.41) is 2.45. The lowest BCUT2D eigenvalue weighted by atomic mass is 9.99. The van der Waals surface area contributed by atoms with Gasteiger partial charge in [0.2, 0.25) is 5.91 Å². The van der Waals surface area contributed by atoms with Crippen LogP contribution in [0, 0.1) is 0 Å². The van der Waals surface area contributed by atoms with Crippen LogP contribution in [0.25, 0.3) is 0 Å². The highest BCUT2D eigenvalue weighted by Crippen LogP contribution is 2.28. The van der Waals surface area contributed by atoms with Gasteiger partial charge < -0.3 is 10.1 Å². The summed E-state index contributed by atoms with van der Waals surface area (Å²) < 4.78 is 18.6. The monoisotopic (exact) mass is 264 g/mol. The van der Waals surface area contributed by atoms with Crippen molar-refractivity contribution in [2.24, 2.45) is 0 Å². The van der Waals surface area contributed by atoms with E-state index >= 15 is 0 Å². The predicted molar refractivity (Wildman–Crippen MR) is 63.9 cm³/mol. The second-order valence-corrected chi connectivity index (χ2v) is 4.69. The summed E-state index contributed by atoms with van der Waals surface area (Å²) >= 11 is 0. The second-order valence-electron chi connectivity index (χ2n) is 4.69. The summed E-state index contributed by atoms with van der Waals surface area (Å²) in [7, 11) is 0. The van der Waals surface area contributed by atoms with Gasteiger partial charge in [-0.3, -0.25) is 9.69 Å². The number of alkyl halides is 1. The molecule has 100 valence electrons. The molecule has 2 amide bonds. The molecule has 0 bridgehead atoms. The molecule has 1 aromatic carbocycles. The number of nitrogens with zero attached hydrogens (tertiary/aromatic N) is 1. The SMILES string of the molecule is O=C1N[C@H]2[C@@H]1N(C(=O)OCc1ccccc1)C[C@@H]2F. The molecule has 2 aliphatic rings.